The highest BCUT2D eigenvalue weighted by molar-refractivity contribution is 7.92. The number of rotatable bonds is 8. The number of halogens is 3. The average Bonchev–Trinajstić information content (AvgIpc) is 2.84. The molecular formula is C27H26F3NO4S. The highest BCUT2D eigenvalue weighted by Gasteiger charge is 2.30. The first-order valence-electron chi connectivity index (χ1n) is 11.6. The Balaban J connectivity index is 1.61. The number of sulfonamides is 1. The highest BCUT2D eigenvalue weighted by atomic mass is 32.2. The lowest BCUT2D eigenvalue weighted by molar-refractivity contribution is -0.137. The van der Waals surface area contributed by atoms with Crippen LogP contribution in [0.2, 0.25) is 0 Å². The summed E-state index contributed by atoms with van der Waals surface area (Å²) in [4.78, 5) is 12.9. The molecular weight excluding hydrogens is 491 g/mol. The topological polar surface area (TPSA) is 72.5 Å². The van der Waals surface area contributed by atoms with Crippen LogP contribution in [0, 0.1) is 0 Å². The minimum Gasteiger partial charge on any atom is -0.374 e. The van der Waals surface area contributed by atoms with E-state index >= 15 is 0 Å². The van der Waals surface area contributed by atoms with Crippen LogP contribution in [0.4, 0.5) is 18.9 Å². The fourth-order valence-corrected chi connectivity index (χ4v) is 5.39. The molecule has 190 valence electrons. The van der Waals surface area contributed by atoms with Crippen molar-refractivity contribution in [2.75, 3.05) is 11.3 Å². The number of carbonyl (C=O) groups is 1. The van der Waals surface area contributed by atoms with Gasteiger partial charge in [0.2, 0.25) is 0 Å². The van der Waals surface area contributed by atoms with Gasteiger partial charge in [0.25, 0.3) is 10.0 Å². The van der Waals surface area contributed by atoms with Gasteiger partial charge in [-0.25, -0.2) is 8.42 Å². The SMILES string of the molecule is O=C(Cc1cccc(C(F)(F)F)c1)Cc1cc(S(=O)(=O)Nc2ccccc2)ccc1C1CCCCO1. The zero-order valence-electron chi connectivity index (χ0n) is 19.4. The maximum Gasteiger partial charge on any atom is 0.416 e. The van der Waals surface area contributed by atoms with Crippen molar-refractivity contribution in [3.8, 4) is 0 Å². The third kappa shape index (κ3) is 6.53. The van der Waals surface area contributed by atoms with E-state index < -0.39 is 21.8 Å². The van der Waals surface area contributed by atoms with Gasteiger partial charge >= 0.3 is 6.18 Å². The zero-order chi connectivity index (χ0) is 25.8. The largest absolute Gasteiger partial charge is 0.416 e. The van der Waals surface area contributed by atoms with Gasteiger partial charge in [-0.2, -0.15) is 13.2 Å². The van der Waals surface area contributed by atoms with Gasteiger partial charge in [-0.05, 0) is 66.3 Å². The van der Waals surface area contributed by atoms with Crippen molar-refractivity contribution in [3.63, 3.8) is 0 Å². The van der Waals surface area contributed by atoms with Crippen LogP contribution < -0.4 is 4.72 Å². The lowest BCUT2D eigenvalue weighted by Gasteiger charge is -2.25. The standard InChI is InChI=1S/C27H26F3NO4S/c28-27(29,30)21-8-6-7-19(15-21)16-23(32)17-20-18-24(12-13-25(20)26-11-4-5-14-35-26)36(33,34)31-22-9-2-1-3-10-22/h1-3,6-10,12-13,15,18,26,31H,4-5,11,14,16-17H2. The lowest BCUT2D eigenvalue weighted by Crippen LogP contribution is -2.18. The second-order valence-corrected chi connectivity index (χ2v) is 10.5. The Morgan fingerprint density at radius 1 is 0.944 bits per heavy atom. The molecule has 1 N–H and O–H groups in total. The third-order valence-electron chi connectivity index (χ3n) is 6.02. The van der Waals surface area contributed by atoms with E-state index in [2.05, 4.69) is 4.72 Å². The van der Waals surface area contributed by atoms with E-state index in [0.29, 0.717) is 17.9 Å². The predicted molar refractivity (Wildman–Crippen MR) is 130 cm³/mol. The van der Waals surface area contributed by atoms with E-state index in [0.717, 1.165) is 37.0 Å². The Kier molecular flexibility index (Phi) is 7.80. The number of hydrogen-bond donors (Lipinski definition) is 1. The van der Waals surface area contributed by atoms with Crippen molar-refractivity contribution < 1.29 is 31.1 Å². The van der Waals surface area contributed by atoms with Gasteiger partial charge in [-0.15, -0.1) is 0 Å². The fourth-order valence-electron chi connectivity index (χ4n) is 4.28. The van der Waals surface area contributed by atoms with Crippen LogP contribution >= 0.6 is 0 Å². The molecule has 3 aromatic rings. The summed E-state index contributed by atoms with van der Waals surface area (Å²) < 4.78 is 73.6. The predicted octanol–water partition coefficient (Wildman–Crippen LogP) is 6.10. The maximum atomic E-state index is 13.1. The van der Waals surface area contributed by atoms with Crippen molar-refractivity contribution in [3.05, 3.63) is 95.1 Å². The molecule has 0 bridgehead atoms. The van der Waals surface area contributed by atoms with Gasteiger partial charge in [0.15, 0.2) is 0 Å². The van der Waals surface area contributed by atoms with Gasteiger partial charge in [0.1, 0.15) is 5.78 Å². The summed E-state index contributed by atoms with van der Waals surface area (Å²) >= 11 is 0. The zero-order valence-corrected chi connectivity index (χ0v) is 20.2. The smallest absolute Gasteiger partial charge is 0.374 e. The van der Waals surface area contributed by atoms with Gasteiger partial charge in [0.05, 0.1) is 16.6 Å². The van der Waals surface area contributed by atoms with Crippen LogP contribution in [0.5, 0.6) is 0 Å². The third-order valence-corrected chi connectivity index (χ3v) is 7.40. The highest BCUT2D eigenvalue weighted by Crippen LogP contribution is 2.33. The van der Waals surface area contributed by atoms with Crippen molar-refractivity contribution >= 4 is 21.5 Å². The van der Waals surface area contributed by atoms with Crippen LogP contribution in [0.3, 0.4) is 0 Å². The molecule has 0 spiro atoms. The number of alkyl halides is 3. The van der Waals surface area contributed by atoms with E-state index in [4.69, 9.17) is 4.74 Å². The molecule has 0 saturated carbocycles. The molecule has 36 heavy (non-hydrogen) atoms. The van der Waals surface area contributed by atoms with E-state index in [1.54, 1.807) is 36.4 Å². The molecule has 5 nitrogen and oxygen atoms in total. The monoisotopic (exact) mass is 517 g/mol. The molecule has 1 aliphatic rings. The maximum absolute atomic E-state index is 13.1. The molecule has 3 aromatic carbocycles. The quantitative estimate of drug-likeness (QED) is 0.392. The van der Waals surface area contributed by atoms with Crippen LogP contribution in [0.25, 0.3) is 0 Å². The van der Waals surface area contributed by atoms with Crippen molar-refractivity contribution in [1.82, 2.24) is 0 Å². The molecule has 0 aromatic heterocycles. The van der Waals surface area contributed by atoms with Crippen LogP contribution in [-0.2, 0) is 38.6 Å². The van der Waals surface area contributed by atoms with Gasteiger partial charge in [-0.1, -0.05) is 42.5 Å². The van der Waals surface area contributed by atoms with Crippen molar-refractivity contribution in [2.45, 2.75) is 49.3 Å². The fraction of sp³-hybridized carbons (Fsp3) is 0.296. The molecule has 0 aliphatic carbocycles. The molecule has 4 rings (SSSR count). The minimum absolute atomic E-state index is 0.00668. The van der Waals surface area contributed by atoms with E-state index in [1.165, 1.54) is 24.3 Å². The summed E-state index contributed by atoms with van der Waals surface area (Å²) in [7, 11) is -3.93. The summed E-state index contributed by atoms with van der Waals surface area (Å²) in [6, 6.07) is 17.7. The molecule has 9 heteroatoms. The number of carbonyl (C=O) groups excluding carboxylic acids is 1. The lowest BCUT2D eigenvalue weighted by atomic mass is 9.93. The first-order chi connectivity index (χ1) is 17.1. The van der Waals surface area contributed by atoms with Gasteiger partial charge in [0, 0.05) is 25.1 Å². The molecule has 1 heterocycles. The first-order valence-corrected chi connectivity index (χ1v) is 13.1. The summed E-state index contributed by atoms with van der Waals surface area (Å²) in [6.07, 6.45) is -2.49. The second kappa shape index (κ2) is 10.8. The Labute approximate surface area is 208 Å². The van der Waals surface area contributed by atoms with Crippen LogP contribution in [0.1, 0.15) is 47.6 Å². The van der Waals surface area contributed by atoms with E-state index in [1.807, 2.05) is 0 Å². The number of para-hydroxylation sites is 1. The average molecular weight is 518 g/mol. The number of nitrogens with one attached hydrogen (secondary N) is 1. The normalized spacial score (nSPS) is 16.5. The molecule has 0 amide bonds. The summed E-state index contributed by atoms with van der Waals surface area (Å²) in [6.45, 7) is 0.567. The Morgan fingerprint density at radius 3 is 2.42 bits per heavy atom. The second-order valence-electron chi connectivity index (χ2n) is 8.78. The number of Topliss-reactive ketones (excluding diaryl/α,β-unsaturated/α-hetero) is 1. The van der Waals surface area contributed by atoms with Crippen LogP contribution in [0.15, 0.2) is 77.7 Å². The van der Waals surface area contributed by atoms with Crippen molar-refractivity contribution in [2.24, 2.45) is 0 Å². The van der Waals surface area contributed by atoms with E-state index in [9.17, 15) is 26.4 Å². The van der Waals surface area contributed by atoms with Crippen molar-refractivity contribution in [1.29, 1.82) is 0 Å². The number of ketones is 1. The summed E-state index contributed by atoms with van der Waals surface area (Å²) in [5.74, 6) is -0.322. The van der Waals surface area contributed by atoms with Gasteiger partial charge in [-0.3, -0.25) is 9.52 Å². The Bertz CT molecular complexity index is 1320. The molecule has 1 aliphatic heterocycles. The number of benzene rings is 3. The summed E-state index contributed by atoms with van der Waals surface area (Å²) in [5.41, 5.74) is 1.06. The summed E-state index contributed by atoms with van der Waals surface area (Å²) in [5, 5.41) is 0. The minimum atomic E-state index is -4.50. The number of anilines is 1. The first kappa shape index (κ1) is 25.9. The molecule has 0 radical (unpaired) electrons. The molecule has 1 fully saturated rings. The Morgan fingerprint density at radius 2 is 1.72 bits per heavy atom. The van der Waals surface area contributed by atoms with E-state index in [-0.39, 0.29) is 35.2 Å². The van der Waals surface area contributed by atoms with Gasteiger partial charge < -0.3 is 4.74 Å². The molecule has 1 unspecified atom stereocenters. The number of ether oxygens (including phenoxy) is 1. The number of hydrogen-bond acceptors (Lipinski definition) is 4. The molecule has 1 saturated heterocycles. The molecule has 1 atom stereocenters. The Hall–Kier alpha value is -3.17. The van der Waals surface area contributed by atoms with Crippen LogP contribution in [-0.4, -0.2) is 20.8 Å².